The van der Waals surface area contributed by atoms with Gasteiger partial charge in [-0.25, -0.2) is 9.97 Å². The number of benzene rings is 6. The molecular formula is C44H28N4O. The predicted octanol–water partition coefficient (Wildman–Crippen LogP) is 11.2. The van der Waals surface area contributed by atoms with Crippen molar-refractivity contribution in [2.45, 2.75) is 12.8 Å². The molecule has 11 rings (SSSR count). The lowest BCUT2D eigenvalue weighted by Gasteiger charge is -2.16. The van der Waals surface area contributed by atoms with E-state index in [0.29, 0.717) is 0 Å². The number of para-hydroxylation sites is 4. The maximum Gasteiger partial charge on any atom is 0.164 e. The first-order chi connectivity index (χ1) is 24.3. The molecule has 1 aliphatic carbocycles. The van der Waals surface area contributed by atoms with E-state index in [1.165, 1.54) is 38.4 Å². The molecule has 5 heteroatoms. The van der Waals surface area contributed by atoms with E-state index in [0.717, 1.165) is 74.1 Å². The molecule has 230 valence electrons. The summed E-state index contributed by atoms with van der Waals surface area (Å²) in [5, 5.41) is 5.98. The van der Waals surface area contributed by atoms with Crippen molar-refractivity contribution in [2.75, 3.05) is 0 Å². The molecule has 0 saturated carbocycles. The summed E-state index contributed by atoms with van der Waals surface area (Å²) in [6.07, 6.45) is 6.54. The van der Waals surface area contributed by atoms with Crippen LogP contribution in [0.5, 0.6) is 0 Å². The molecule has 1 aliphatic rings. The standard InChI is InChI=1S/C44H28N4O/c1-2-12-27(13-3-1)43-44(46-34-18-8-7-17-33(34)45-43)48-36-20-10-5-16-31(36)42-38(48)24-23-37-41(42)30-15-4-9-19-35(30)47(37)28-22-25-40-32(26-28)29-14-6-11-21-39(29)49-40/h1-9,11-19,21-26H,10,20H2. The van der Waals surface area contributed by atoms with Crippen molar-refractivity contribution in [2.24, 2.45) is 0 Å². The van der Waals surface area contributed by atoms with Gasteiger partial charge >= 0.3 is 0 Å². The van der Waals surface area contributed by atoms with Crippen LogP contribution in [0.2, 0.25) is 0 Å². The van der Waals surface area contributed by atoms with Crippen LogP contribution in [0.3, 0.4) is 0 Å². The second kappa shape index (κ2) is 10.0. The van der Waals surface area contributed by atoms with E-state index in [1.54, 1.807) is 0 Å². The Labute approximate surface area is 281 Å². The minimum absolute atomic E-state index is 0.867. The molecule has 5 nitrogen and oxygen atoms in total. The van der Waals surface area contributed by atoms with E-state index in [4.69, 9.17) is 14.4 Å². The Kier molecular flexibility index (Phi) is 5.44. The van der Waals surface area contributed by atoms with Gasteiger partial charge in [-0.1, -0.05) is 91.0 Å². The average Bonchev–Trinajstić information content (AvgIpc) is 3.82. The molecular weight excluding hydrogens is 601 g/mol. The monoisotopic (exact) mass is 628 g/mol. The minimum atomic E-state index is 0.867. The first-order valence-corrected chi connectivity index (χ1v) is 16.8. The summed E-state index contributed by atoms with van der Waals surface area (Å²) in [7, 11) is 0. The predicted molar refractivity (Wildman–Crippen MR) is 201 cm³/mol. The van der Waals surface area contributed by atoms with Crippen LogP contribution in [0.25, 0.3) is 94.5 Å². The van der Waals surface area contributed by atoms with Crippen LogP contribution in [0, 0.1) is 0 Å². The Hall–Kier alpha value is -6.46. The fraction of sp³-hybridized carbons (Fsp3) is 0.0455. The molecule has 0 radical (unpaired) electrons. The Bertz CT molecular complexity index is 3000. The summed E-state index contributed by atoms with van der Waals surface area (Å²) >= 11 is 0. The van der Waals surface area contributed by atoms with Gasteiger partial charge in [-0.3, -0.25) is 4.57 Å². The number of aromatic nitrogens is 4. The van der Waals surface area contributed by atoms with Crippen molar-refractivity contribution in [1.82, 2.24) is 19.1 Å². The Morgan fingerprint density at radius 3 is 2.14 bits per heavy atom. The van der Waals surface area contributed by atoms with Crippen molar-refractivity contribution in [3.8, 4) is 22.8 Å². The molecule has 0 spiro atoms. The van der Waals surface area contributed by atoms with Crippen molar-refractivity contribution < 1.29 is 4.42 Å². The highest BCUT2D eigenvalue weighted by atomic mass is 16.3. The summed E-state index contributed by atoms with van der Waals surface area (Å²) in [5.41, 5.74) is 12.7. The highest BCUT2D eigenvalue weighted by Crippen LogP contribution is 2.44. The van der Waals surface area contributed by atoms with Gasteiger partial charge in [0.05, 0.1) is 27.6 Å². The number of hydrogen-bond donors (Lipinski definition) is 0. The van der Waals surface area contributed by atoms with Crippen LogP contribution in [0.1, 0.15) is 17.7 Å². The molecule has 0 unspecified atom stereocenters. The van der Waals surface area contributed by atoms with Crippen LogP contribution in [-0.4, -0.2) is 19.1 Å². The lowest BCUT2D eigenvalue weighted by atomic mass is 9.99. The van der Waals surface area contributed by atoms with E-state index >= 15 is 0 Å². The molecule has 0 fully saturated rings. The smallest absolute Gasteiger partial charge is 0.164 e. The van der Waals surface area contributed by atoms with Gasteiger partial charge in [-0.15, -0.1) is 0 Å². The molecule has 10 aromatic rings. The largest absolute Gasteiger partial charge is 0.456 e. The van der Waals surface area contributed by atoms with E-state index < -0.39 is 0 Å². The van der Waals surface area contributed by atoms with Gasteiger partial charge in [0.15, 0.2) is 5.82 Å². The number of hydrogen-bond acceptors (Lipinski definition) is 3. The average molecular weight is 629 g/mol. The summed E-state index contributed by atoms with van der Waals surface area (Å²) < 4.78 is 11.0. The van der Waals surface area contributed by atoms with Gasteiger partial charge in [-0.2, -0.15) is 0 Å². The van der Waals surface area contributed by atoms with Gasteiger partial charge in [0.1, 0.15) is 16.9 Å². The van der Waals surface area contributed by atoms with E-state index in [-0.39, 0.29) is 0 Å². The second-order valence-electron chi connectivity index (χ2n) is 12.9. The molecule has 0 N–H and O–H groups in total. The van der Waals surface area contributed by atoms with Crippen molar-refractivity contribution >= 4 is 71.8 Å². The molecule has 4 heterocycles. The minimum Gasteiger partial charge on any atom is -0.456 e. The van der Waals surface area contributed by atoms with Gasteiger partial charge in [-0.05, 0) is 67.4 Å². The number of allylic oxidation sites excluding steroid dienone is 1. The molecule has 0 saturated heterocycles. The zero-order chi connectivity index (χ0) is 32.1. The topological polar surface area (TPSA) is 48.8 Å². The van der Waals surface area contributed by atoms with Crippen molar-refractivity contribution in [3.63, 3.8) is 0 Å². The molecule has 6 aromatic carbocycles. The Morgan fingerprint density at radius 2 is 1.27 bits per heavy atom. The summed E-state index contributed by atoms with van der Waals surface area (Å²) in [6, 6.07) is 46.8. The SMILES string of the molecule is C1=Cc2c(n(-c3nc4ccccc4nc3-c3ccccc3)c3ccc4c(c5ccccc5n4-c4ccc5oc6ccccc6c5c4)c23)CC1. The van der Waals surface area contributed by atoms with Crippen LogP contribution in [0.15, 0.2) is 144 Å². The summed E-state index contributed by atoms with van der Waals surface area (Å²) in [5.74, 6) is 0.867. The maximum atomic E-state index is 6.20. The Morgan fingerprint density at radius 1 is 0.551 bits per heavy atom. The first-order valence-electron chi connectivity index (χ1n) is 16.8. The van der Waals surface area contributed by atoms with Gasteiger partial charge < -0.3 is 8.98 Å². The molecule has 0 aliphatic heterocycles. The van der Waals surface area contributed by atoms with Crippen LogP contribution < -0.4 is 0 Å². The molecule has 0 bridgehead atoms. The van der Waals surface area contributed by atoms with E-state index in [2.05, 4.69) is 124 Å². The Balaban J connectivity index is 1.26. The van der Waals surface area contributed by atoms with Crippen LogP contribution in [0.4, 0.5) is 0 Å². The zero-order valence-corrected chi connectivity index (χ0v) is 26.5. The third-order valence-corrected chi connectivity index (χ3v) is 10.2. The lowest BCUT2D eigenvalue weighted by molar-refractivity contribution is 0.669. The fourth-order valence-corrected chi connectivity index (χ4v) is 8.08. The summed E-state index contributed by atoms with van der Waals surface area (Å²) in [6.45, 7) is 0. The van der Waals surface area contributed by atoms with Crippen molar-refractivity contribution in [1.29, 1.82) is 0 Å². The quantitative estimate of drug-likeness (QED) is 0.196. The molecule has 49 heavy (non-hydrogen) atoms. The number of nitrogens with zero attached hydrogens (tertiary/aromatic N) is 4. The van der Waals surface area contributed by atoms with Crippen LogP contribution in [-0.2, 0) is 6.42 Å². The first kappa shape index (κ1) is 26.6. The van der Waals surface area contributed by atoms with Crippen LogP contribution >= 0.6 is 0 Å². The number of furan rings is 1. The third kappa shape index (κ3) is 3.75. The molecule has 4 aromatic heterocycles. The fourth-order valence-electron chi connectivity index (χ4n) is 8.08. The molecule has 0 atom stereocenters. The number of fused-ring (bicyclic) bond motifs is 11. The van der Waals surface area contributed by atoms with Gasteiger partial charge in [0.2, 0.25) is 0 Å². The lowest BCUT2D eigenvalue weighted by Crippen LogP contribution is -2.08. The maximum absolute atomic E-state index is 6.20. The highest BCUT2D eigenvalue weighted by Gasteiger charge is 2.26. The normalized spacial score (nSPS) is 13.1. The molecule has 0 amide bonds. The van der Waals surface area contributed by atoms with Gasteiger partial charge in [0, 0.05) is 49.4 Å². The second-order valence-corrected chi connectivity index (χ2v) is 12.9. The van der Waals surface area contributed by atoms with Gasteiger partial charge in [0.25, 0.3) is 0 Å². The zero-order valence-electron chi connectivity index (χ0n) is 26.5. The highest BCUT2D eigenvalue weighted by molar-refractivity contribution is 6.24. The number of rotatable bonds is 3. The van der Waals surface area contributed by atoms with E-state index in [1.807, 2.05) is 30.3 Å². The summed E-state index contributed by atoms with van der Waals surface area (Å²) in [4.78, 5) is 10.6. The third-order valence-electron chi connectivity index (χ3n) is 10.2. The van der Waals surface area contributed by atoms with E-state index in [9.17, 15) is 0 Å². The van der Waals surface area contributed by atoms with Crippen molar-refractivity contribution in [3.05, 3.63) is 151 Å².